The molecule has 1 unspecified atom stereocenters. The quantitative estimate of drug-likeness (QED) is 0.576. The number of methoxy groups -OCH3 is 1. The van der Waals surface area contributed by atoms with Crippen molar-refractivity contribution in [2.24, 2.45) is 10.4 Å². The van der Waals surface area contributed by atoms with E-state index in [-0.39, 0.29) is 11.6 Å². The van der Waals surface area contributed by atoms with Gasteiger partial charge in [0.15, 0.2) is 12.1 Å². The van der Waals surface area contributed by atoms with Crippen molar-refractivity contribution >= 4 is 5.90 Å². The van der Waals surface area contributed by atoms with Gasteiger partial charge >= 0.3 is 0 Å². The largest absolute Gasteiger partial charge is 0.476 e. The summed E-state index contributed by atoms with van der Waals surface area (Å²) in [6.07, 6.45) is -0.0933. The smallest absolute Gasteiger partial charge is 0.191 e. The molecule has 0 radical (unpaired) electrons. The first kappa shape index (κ1) is 8.53. The number of rotatable bonds is 1. The summed E-state index contributed by atoms with van der Waals surface area (Å²) in [7, 11) is 1.64. The van der Waals surface area contributed by atoms with Gasteiger partial charge in [0.1, 0.15) is 6.61 Å². The van der Waals surface area contributed by atoms with Crippen LogP contribution in [0.5, 0.6) is 0 Å². The van der Waals surface area contributed by atoms with Gasteiger partial charge in [-0.05, 0) is 0 Å². The van der Waals surface area contributed by atoms with Crippen LogP contribution in [-0.4, -0.2) is 25.8 Å². The molecule has 1 rings (SSSR count). The van der Waals surface area contributed by atoms with Gasteiger partial charge < -0.3 is 9.47 Å². The van der Waals surface area contributed by atoms with Crippen LogP contribution >= 0.6 is 0 Å². The predicted octanol–water partition coefficient (Wildman–Crippen LogP) is 1.43. The Morgan fingerprint density at radius 1 is 1.55 bits per heavy atom. The van der Waals surface area contributed by atoms with E-state index in [9.17, 15) is 0 Å². The molecule has 0 amide bonds. The van der Waals surface area contributed by atoms with E-state index in [1.54, 1.807) is 7.11 Å². The standard InChI is InChI=1S/C8H15NO2/c1-8(2,3)7-9-6(10-4)5-11-7/h6H,5H2,1-4H3. The van der Waals surface area contributed by atoms with E-state index in [0.29, 0.717) is 6.61 Å². The van der Waals surface area contributed by atoms with Crippen LogP contribution < -0.4 is 0 Å². The SMILES string of the molecule is COC1COC(C(C)(C)C)=N1. The summed E-state index contributed by atoms with van der Waals surface area (Å²) in [5, 5.41) is 0. The number of nitrogens with zero attached hydrogens (tertiary/aromatic N) is 1. The van der Waals surface area contributed by atoms with Crippen molar-refractivity contribution < 1.29 is 9.47 Å². The van der Waals surface area contributed by atoms with Crippen LogP contribution in [0.4, 0.5) is 0 Å². The molecule has 0 aromatic heterocycles. The van der Waals surface area contributed by atoms with Crippen molar-refractivity contribution in [1.29, 1.82) is 0 Å². The molecular formula is C8H15NO2. The number of ether oxygens (including phenoxy) is 2. The third kappa shape index (κ3) is 1.93. The Hall–Kier alpha value is -0.570. The van der Waals surface area contributed by atoms with Gasteiger partial charge in [0, 0.05) is 12.5 Å². The average Bonchev–Trinajstić information content (AvgIpc) is 2.32. The lowest BCUT2D eigenvalue weighted by Gasteiger charge is -2.16. The molecule has 0 bridgehead atoms. The van der Waals surface area contributed by atoms with Crippen LogP contribution in [0.3, 0.4) is 0 Å². The molecule has 64 valence electrons. The minimum absolute atomic E-state index is 0.00722. The molecule has 11 heavy (non-hydrogen) atoms. The fraction of sp³-hybridized carbons (Fsp3) is 0.875. The zero-order valence-corrected chi connectivity index (χ0v) is 7.55. The highest BCUT2D eigenvalue weighted by Crippen LogP contribution is 2.21. The van der Waals surface area contributed by atoms with E-state index >= 15 is 0 Å². The molecule has 0 N–H and O–H groups in total. The third-order valence-electron chi connectivity index (χ3n) is 1.54. The monoisotopic (exact) mass is 157 g/mol. The maximum atomic E-state index is 5.35. The summed E-state index contributed by atoms with van der Waals surface area (Å²) in [5.41, 5.74) is 0.00722. The molecule has 3 heteroatoms. The van der Waals surface area contributed by atoms with Gasteiger partial charge in [0.25, 0.3) is 0 Å². The molecule has 1 aliphatic heterocycles. The van der Waals surface area contributed by atoms with Gasteiger partial charge in [-0.25, -0.2) is 4.99 Å². The van der Waals surface area contributed by atoms with Gasteiger partial charge in [0.2, 0.25) is 0 Å². The summed E-state index contributed by atoms with van der Waals surface area (Å²) < 4.78 is 10.4. The molecule has 0 aromatic rings. The second-order valence-electron chi connectivity index (χ2n) is 3.69. The normalized spacial score (nSPS) is 24.7. The molecule has 0 aromatic carbocycles. The topological polar surface area (TPSA) is 30.8 Å². The molecule has 0 aliphatic carbocycles. The van der Waals surface area contributed by atoms with Crippen molar-refractivity contribution in [3.63, 3.8) is 0 Å². The molecule has 0 saturated carbocycles. The zero-order valence-electron chi connectivity index (χ0n) is 7.55. The Balaban J connectivity index is 2.62. The van der Waals surface area contributed by atoms with Gasteiger partial charge in [-0.1, -0.05) is 20.8 Å². The number of aliphatic imine (C=N–C) groups is 1. The summed E-state index contributed by atoms with van der Waals surface area (Å²) >= 11 is 0. The van der Waals surface area contributed by atoms with Gasteiger partial charge in [-0.15, -0.1) is 0 Å². The van der Waals surface area contributed by atoms with Crippen molar-refractivity contribution in [2.75, 3.05) is 13.7 Å². The van der Waals surface area contributed by atoms with Gasteiger partial charge in [0.05, 0.1) is 0 Å². The van der Waals surface area contributed by atoms with Crippen molar-refractivity contribution in [1.82, 2.24) is 0 Å². The first-order valence-electron chi connectivity index (χ1n) is 3.78. The van der Waals surface area contributed by atoms with E-state index in [4.69, 9.17) is 9.47 Å². The summed E-state index contributed by atoms with van der Waals surface area (Å²) in [6.45, 7) is 6.78. The highest BCUT2D eigenvalue weighted by molar-refractivity contribution is 5.82. The molecule has 1 atom stereocenters. The Kier molecular flexibility index (Phi) is 2.18. The van der Waals surface area contributed by atoms with Crippen LogP contribution in [0.2, 0.25) is 0 Å². The van der Waals surface area contributed by atoms with E-state index in [2.05, 4.69) is 25.8 Å². The van der Waals surface area contributed by atoms with Gasteiger partial charge in [-0.3, -0.25) is 0 Å². The van der Waals surface area contributed by atoms with Gasteiger partial charge in [-0.2, -0.15) is 0 Å². The zero-order chi connectivity index (χ0) is 8.48. The number of hydrogen-bond acceptors (Lipinski definition) is 3. The molecule has 1 aliphatic rings. The minimum Gasteiger partial charge on any atom is -0.476 e. The molecule has 3 nitrogen and oxygen atoms in total. The van der Waals surface area contributed by atoms with Crippen molar-refractivity contribution in [3.05, 3.63) is 0 Å². The van der Waals surface area contributed by atoms with E-state index < -0.39 is 0 Å². The lowest BCUT2D eigenvalue weighted by atomic mass is 9.97. The maximum Gasteiger partial charge on any atom is 0.191 e. The van der Waals surface area contributed by atoms with Crippen molar-refractivity contribution in [2.45, 2.75) is 27.0 Å². The first-order chi connectivity index (χ1) is 5.04. The Morgan fingerprint density at radius 2 is 2.18 bits per heavy atom. The Labute approximate surface area is 67.4 Å². The molecule has 0 spiro atoms. The minimum atomic E-state index is -0.0933. The third-order valence-corrected chi connectivity index (χ3v) is 1.54. The molecular weight excluding hydrogens is 142 g/mol. The van der Waals surface area contributed by atoms with Crippen LogP contribution in [0.1, 0.15) is 20.8 Å². The molecule has 1 heterocycles. The van der Waals surface area contributed by atoms with Crippen LogP contribution in [-0.2, 0) is 9.47 Å². The predicted molar refractivity (Wildman–Crippen MR) is 43.6 cm³/mol. The van der Waals surface area contributed by atoms with E-state index in [1.807, 2.05) is 0 Å². The lowest BCUT2D eigenvalue weighted by Crippen LogP contribution is -2.20. The highest BCUT2D eigenvalue weighted by Gasteiger charge is 2.27. The molecule has 0 fully saturated rings. The summed E-state index contributed by atoms with van der Waals surface area (Å²) in [5.74, 6) is 0.796. The first-order valence-corrected chi connectivity index (χ1v) is 3.78. The van der Waals surface area contributed by atoms with Crippen LogP contribution in [0.25, 0.3) is 0 Å². The lowest BCUT2D eigenvalue weighted by molar-refractivity contribution is 0.0818. The number of hydrogen-bond donors (Lipinski definition) is 0. The fourth-order valence-corrected chi connectivity index (χ4v) is 0.886. The van der Waals surface area contributed by atoms with Crippen LogP contribution in [0.15, 0.2) is 4.99 Å². The van der Waals surface area contributed by atoms with Crippen LogP contribution in [0, 0.1) is 5.41 Å². The average molecular weight is 157 g/mol. The summed E-state index contributed by atoms with van der Waals surface area (Å²) in [4.78, 5) is 4.25. The summed E-state index contributed by atoms with van der Waals surface area (Å²) in [6, 6.07) is 0. The Morgan fingerprint density at radius 3 is 2.45 bits per heavy atom. The maximum absolute atomic E-state index is 5.35. The highest BCUT2D eigenvalue weighted by atomic mass is 16.6. The second-order valence-corrected chi connectivity index (χ2v) is 3.69. The second kappa shape index (κ2) is 2.81. The Bertz CT molecular complexity index is 169. The fourth-order valence-electron chi connectivity index (χ4n) is 0.886. The molecule has 0 saturated heterocycles. The van der Waals surface area contributed by atoms with E-state index in [0.717, 1.165) is 5.90 Å². The van der Waals surface area contributed by atoms with Crippen molar-refractivity contribution in [3.8, 4) is 0 Å². The van der Waals surface area contributed by atoms with E-state index in [1.165, 1.54) is 0 Å².